The smallest absolute Gasteiger partial charge is 0.337 e. The highest BCUT2D eigenvalue weighted by molar-refractivity contribution is 7.99. The number of nitrogens with zero attached hydrogens (tertiary/aromatic N) is 1. The first kappa shape index (κ1) is 19.1. The second kappa shape index (κ2) is 8.01. The molecule has 29 heavy (non-hydrogen) atoms. The molecule has 3 aromatic carbocycles. The number of rotatable bonds is 4. The molecule has 0 aliphatic carbocycles. The van der Waals surface area contributed by atoms with Gasteiger partial charge in [-0.25, -0.2) is 4.79 Å². The standard InChI is InChI=1S/C23H19NO4S/c1-27-17-7-5-6-15(12-17)14-24-19-13-16(23(26)28-2)10-11-21(19)29-20-9-4-3-8-18(20)22(24)25/h3-13H,14H2,1-2H3. The zero-order valence-electron chi connectivity index (χ0n) is 16.0. The second-order valence-corrected chi connectivity index (χ2v) is 7.60. The quantitative estimate of drug-likeness (QED) is 0.584. The molecule has 0 saturated carbocycles. The number of methoxy groups -OCH3 is 2. The summed E-state index contributed by atoms with van der Waals surface area (Å²) in [6, 6.07) is 20.5. The van der Waals surface area contributed by atoms with Crippen molar-refractivity contribution in [2.75, 3.05) is 19.1 Å². The van der Waals surface area contributed by atoms with E-state index in [0.717, 1.165) is 21.1 Å². The molecule has 1 aliphatic rings. The molecule has 4 rings (SSSR count). The normalized spacial score (nSPS) is 12.6. The van der Waals surface area contributed by atoms with Crippen LogP contribution in [0.15, 0.2) is 76.5 Å². The minimum Gasteiger partial charge on any atom is -0.497 e. The summed E-state index contributed by atoms with van der Waals surface area (Å²) in [4.78, 5) is 29.1. The van der Waals surface area contributed by atoms with E-state index in [4.69, 9.17) is 9.47 Å². The summed E-state index contributed by atoms with van der Waals surface area (Å²) in [7, 11) is 2.96. The van der Waals surface area contributed by atoms with Crippen molar-refractivity contribution in [3.8, 4) is 5.75 Å². The van der Waals surface area contributed by atoms with Crippen LogP contribution in [0.2, 0.25) is 0 Å². The Kier molecular flexibility index (Phi) is 5.27. The fraction of sp³-hybridized carbons (Fsp3) is 0.130. The molecular weight excluding hydrogens is 386 g/mol. The van der Waals surface area contributed by atoms with Gasteiger partial charge in [-0.05, 0) is 48.0 Å². The van der Waals surface area contributed by atoms with Gasteiger partial charge in [-0.3, -0.25) is 4.79 Å². The Morgan fingerprint density at radius 3 is 2.59 bits per heavy atom. The van der Waals surface area contributed by atoms with Gasteiger partial charge in [0.25, 0.3) is 5.91 Å². The van der Waals surface area contributed by atoms with Crippen molar-refractivity contribution in [1.82, 2.24) is 0 Å². The average Bonchev–Trinajstić information content (AvgIpc) is 2.88. The van der Waals surface area contributed by atoms with Crippen molar-refractivity contribution in [3.05, 3.63) is 83.4 Å². The van der Waals surface area contributed by atoms with E-state index < -0.39 is 5.97 Å². The molecule has 0 unspecified atom stereocenters. The lowest BCUT2D eigenvalue weighted by Crippen LogP contribution is -2.30. The first-order valence-electron chi connectivity index (χ1n) is 9.04. The molecule has 0 saturated heterocycles. The van der Waals surface area contributed by atoms with Gasteiger partial charge in [0.05, 0.1) is 37.6 Å². The van der Waals surface area contributed by atoms with Crippen LogP contribution in [0.1, 0.15) is 26.3 Å². The highest BCUT2D eigenvalue weighted by atomic mass is 32.2. The Morgan fingerprint density at radius 2 is 1.79 bits per heavy atom. The van der Waals surface area contributed by atoms with E-state index in [2.05, 4.69) is 0 Å². The van der Waals surface area contributed by atoms with E-state index in [1.54, 1.807) is 24.1 Å². The molecule has 0 radical (unpaired) electrons. The van der Waals surface area contributed by atoms with Crippen LogP contribution < -0.4 is 9.64 Å². The van der Waals surface area contributed by atoms with Crippen molar-refractivity contribution in [2.24, 2.45) is 0 Å². The van der Waals surface area contributed by atoms with Gasteiger partial charge in [-0.2, -0.15) is 0 Å². The van der Waals surface area contributed by atoms with Gasteiger partial charge in [0.2, 0.25) is 0 Å². The lowest BCUT2D eigenvalue weighted by Gasteiger charge is -2.24. The molecule has 0 spiro atoms. The summed E-state index contributed by atoms with van der Waals surface area (Å²) in [6.07, 6.45) is 0. The highest BCUT2D eigenvalue weighted by Crippen LogP contribution is 2.42. The van der Waals surface area contributed by atoms with Crippen molar-refractivity contribution in [2.45, 2.75) is 16.3 Å². The monoisotopic (exact) mass is 405 g/mol. The number of benzene rings is 3. The van der Waals surface area contributed by atoms with Crippen LogP contribution >= 0.6 is 11.8 Å². The van der Waals surface area contributed by atoms with Gasteiger partial charge in [0.15, 0.2) is 0 Å². The lowest BCUT2D eigenvalue weighted by atomic mass is 10.1. The maximum atomic E-state index is 13.5. The molecule has 0 atom stereocenters. The SMILES string of the molecule is COC(=O)c1ccc2c(c1)N(Cc1cccc(OC)c1)C(=O)c1ccccc1S2. The van der Waals surface area contributed by atoms with Crippen LogP contribution in [0.3, 0.4) is 0 Å². The maximum Gasteiger partial charge on any atom is 0.337 e. The molecule has 146 valence electrons. The number of fused-ring (bicyclic) bond motifs is 2. The van der Waals surface area contributed by atoms with Crippen molar-refractivity contribution < 1.29 is 19.1 Å². The number of hydrogen-bond donors (Lipinski definition) is 0. The van der Waals surface area contributed by atoms with Gasteiger partial charge in [0.1, 0.15) is 5.75 Å². The number of hydrogen-bond acceptors (Lipinski definition) is 5. The fourth-order valence-corrected chi connectivity index (χ4v) is 4.33. The topological polar surface area (TPSA) is 55.8 Å². The van der Waals surface area contributed by atoms with Gasteiger partial charge < -0.3 is 14.4 Å². The molecule has 1 amide bonds. The van der Waals surface area contributed by atoms with E-state index in [1.165, 1.54) is 18.9 Å². The van der Waals surface area contributed by atoms with Gasteiger partial charge in [-0.1, -0.05) is 36.0 Å². The third kappa shape index (κ3) is 3.71. The largest absolute Gasteiger partial charge is 0.497 e. The first-order chi connectivity index (χ1) is 14.1. The molecule has 0 fully saturated rings. The predicted octanol–water partition coefficient (Wildman–Crippen LogP) is 4.79. The van der Waals surface area contributed by atoms with Gasteiger partial charge >= 0.3 is 5.97 Å². The zero-order valence-corrected chi connectivity index (χ0v) is 16.9. The highest BCUT2D eigenvalue weighted by Gasteiger charge is 2.28. The number of ether oxygens (including phenoxy) is 2. The zero-order chi connectivity index (χ0) is 20.4. The summed E-state index contributed by atoms with van der Waals surface area (Å²) in [5.41, 5.74) is 2.65. The number of amides is 1. The number of esters is 1. The van der Waals surface area contributed by atoms with E-state index in [0.29, 0.717) is 23.4 Å². The van der Waals surface area contributed by atoms with Crippen molar-refractivity contribution in [3.63, 3.8) is 0 Å². The van der Waals surface area contributed by atoms with Crippen LogP contribution in [0.5, 0.6) is 5.75 Å². The minimum absolute atomic E-state index is 0.114. The second-order valence-electron chi connectivity index (χ2n) is 6.52. The molecular formula is C23H19NO4S. The molecule has 3 aromatic rings. The van der Waals surface area contributed by atoms with E-state index in [9.17, 15) is 9.59 Å². The fourth-order valence-electron chi connectivity index (χ4n) is 3.28. The molecule has 0 N–H and O–H groups in total. The van der Waals surface area contributed by atoms with Crippen LogP contribution in [0, 0.1) is 0 Å². The average molecular weight is 405 g/mol. The summed E-state index contributed by atoms with van der Waals surface area (Å²) in [5.74, 6) is 0.174. The molecule has 6 heteroatoms. The predicted molar refractivity (Wildman–Crippen MR) is 112 cm³/mol. The Morgan fingerprint density at radius 1 is 0.966 bits per heavy atom. The molecule has 1 aliphatic heterocycles. The first-order valence-corrected chi connectivity index (χ1v) is 9.86. The minimum atomic E-state index is -0.437. The lowest BCUT2D eigenvalue weighted by molar-refractivity contribution is 0.0600. The van der Waals surface area contributed by atoms with Gasteiger partial charge in [-0.15, -0.1) is 0 Å². The van der Waals surface area contributed by atoms with E-state index >= 15 is 0 Å². The number of carbonyl (C=O) groups is 2. The Hall–Kier alpha value is -3.25. The Labute approximate surface area is 173 Å². The van der Waals surface area contributed by atoms with Crippen molar-refractivity contribution in [1.29, 1.82) is 0 Å². The third-order valence-electron chi connectivity index (χ3n) is 4.73. The Balaban J connectivity index is 1.84. The molecule has 0 bridgehead atoms. The van der Waals surface area contributed by atoms with E-state index in [-0.39, 0.29) is 5.91 Å². The van der Waals surface area contributed by atoms with Crippen LogP contribution in [-0.2, 0) is 11.3 Å². The van der Waals surface area contributed by atoms with Crippen molar-refractivity contribution >= 4 is 29.3 Å². The molecule has 5 nitrogen and oxygen atoms in total. The van der Waals surface area contributed by atoms with Gasteiger partial charge in [0, 0.05) is 9.79 Å². The summed E-state index contributed by atoms with van der Waals surface area (Å²) >= 11 is 1.52. The van der Waals surface area contributed by atoms with Crippen LogP contribution in [0.4, 0.5) is 5.69 Å². The maximum absolute atomic E-state index is 13.5. The molecule has 1 heterocycles. The van der Waals surface area contributed by atoms with Crippen LogP contribution in [-0.4, -0.2) is 26.1 Å². The number of anilines is 1. The molecule has 0 aromatic heterocycles. The Bertz CT molecular complexity index is 1100. The summed E-state index contributed by atoms with van der Waals surface area (Å²) in [5, 5.41) is 0. The third-order valence-corrected chi connectivity index (χ3v) is 5.87. The van der Waals surface area contributed by atoms with E-state index in [1.807, 2.05) is 54.6 Å². The van der Waals surface area contributed by atoms with Crippen LogP contribution in [0.25, 0.3) is 0 Å². The summed E-state index contributed by atoms with van der Waals surface area (Å²) < 4.78 is 10.2. The number of carbonyl (C=O) groups excluding carboxylic acids is 2. The summed E-state index contributed by atoms with van der Waals surface area (Å²) in [6.45, 7) is 0.350.